The van der Waals surface area contributed by atoms with Gasteiger partial charge >= 0.3 is 5.51 Å². The molecule has 1 amide bonds. The summed E-state index contributed by atoms with van der Waals surface area (Å²) < 4.78 is 76.8. The van der Waals surface area contributed by atoms with E-state index in [0.717, 1.165) is 18.2 Å². The van der Waals surface area contributed by atoms with E-state index in [-0.39, 0.29) is 11.4 Å². The van der Waals surface area contributed by atoms with Crippen LogP contribution in [0.25, 0.3) is 6.08 Å². The molecule has 7 nitrogen and oxygen atoms in total. The lowest BCUT2D eigenvalue weighted by atomic mass is 10.2. The van der Waals surface area contributed by atoms with Gasteiger partial charge in [0.25, 0.3) is 9.84 Å². The lowest BCUT2D eigenvalue weighted by Crippen LogP contribution is -2.23. The van der Waals surface area contributed by atoms with E-state index >= 15 is 0 Å². The first-order valence-corrected chi connectivity index (χ1v) is 9.72. The van der Waals surface area contributed by atoms with Gasteiger partial charge in [0.15, 0.2) is 11.5 Å². The fourth-order valence-electron chi connectivity index (χ4n) is 2.39. The Balaban J connectivity index is 2.28. The molecule has 0 heterocycles. The van der Waals surface area contributed by atoms with E-state index in [9.17, 15) is 26.4 Å². The maximum absolute atomic E-state index is 12.8. The molecule has 2 aromatic carbocycles. The second kappa shape index (κ2) is 9.08. The highest BCUT2D eigenvalue weighted by Gasteiger charge is 2.47. The summed E-state index contributed by atoms with van der Waals surface area (Å²) in [5.74, 6) is 0.201. The van der Waals surface area contributed by atoms with Gasteiger partial charge in [-0.25, -0.2) is 8.42 Å². The number of amides is 1. The normalized spacial score (nSPS) is 11.9. The minimum absolute atomic E-state index is 0.0102. The maximum Gasteiger partial charge on any atom is 0.501 e. The number of nitrogens with one attached hydrogen (secondary N) is 1. The Morgan fingerprint density at radius 1 is 0.933 bits per heavy atom. The number of halogens is 3. The van der Waals surface area contributed by atoms with Gasteiger partial charge in [0.2, 0.25) is 5.91 Å². The molecule has 162 valence electrons. The summed E-state index contributed by atoms with van der Waals surface area (Å²) in [7, 11) is -1.43. The van der Waals surface area contributed by atoms with Crippen LogP contribution in [0.3, 0.4) is 0 Å². The number of hydrogen-bond acceptors (Lipinski definition) is 6. The van der Waals surface area contributed by atoms with E-state index in [0.29, 0.717) is 23.1 Å². The molecule has 0 fully saturated rings. The molecule has 0 unspecified atom stereocenters. The first-order valence-electron chi connectivity index (χ1n) is 8.24. The molecule has 0 aliphatic rings. The lowest BCUT2D eigenvalue weighted by molar-refractivity contribution is -0.111. The predicted molar refractivity (Wildman–Crippen MR) is 103 cm³/mol. The van der Waals surface area contributed by atoms with Crippen LogP contribution in [0.1, 0.15) is 5.56 Å². The molecule has 0 aromatic heterocycles. The topological polar surface area (TPSA) is 90.9 Å². The summed E-state index contributed by atoms with van der Waals surface area (Å²) in [6, 6.07) is 7.35. The summed E-state index contributed by atoms with van der Waals surface area (Å²) in [6.07, 6.45) is 2.55. The zero-order chi connectivity index (χ0) is 22.5. The quantitative estimate of drug-likeness (QED) is 0.655. The fourth-order valence-corrected chi connectivity index (χ4v) is 3.18. The highest BCUT2D eigenvalue weighted by atomic mass is 32.2. The maximum atomic E-state index is 12.8. The molecule has 2 aromatic rings. The molecule has 0 saturated carbocycles. The van der Waals surface area contributed by atoms with Crippen LogP contribution in [0.2, 0.25) is 0 Å². The Bertz CT molecular complexity index is 1060. The molecule has 0 saturated heterocycles. The molecule has 0 radical (unpaired) electrons. The number of carbonyl (C=O) groups excluding carboxylic acids is 1. The van der Waals surface area contributed by atoms with Crippen molar-refractivity contribution >= 4 is 27.5 Å². The van der Waals surface area contributed by atoms with Crippen molar-refractivity contribution in [1.82, 2.24) is 0 Å². The van der Waals surface area contributed by atoms with Crippen LogP contribution < -0.4 is 19.5 Å². The van der Waals surface area contributed by atoms with Crippen molar-refractivity contribution in [3.63, 3.8) is 0 Å². The highest BCUT2D eigenvalue weighted by molar-refractivity contribution is 7.92. The average molecular weight is 445 g/mol. The Labute approximate surface area is 171 Å². The minimum atomic E-state index is -5.58. The highest BCUT2D eigenvalue weighted by Crippen LogP contribution is 2.34. The van der Waals surface area contributed by atoms with Gasteiger partial charge in [0, 0.05) is 6.08 Å². The van der Waals surface area contributed by atoms with Crippen LogP contribution in [-0.4, -0.2) is 41.2 Å². The summed E-state index contributed by atoms with van der Waals surface area (Å²) in [4.78, 5) is 11.2. The van der Waals surface area contributed by atoms with Gasteiger partial charge in [-0.15, -0.1) is 0 Å². The van der Waals surface area contributed by atoms with E-state index in [1.165, 1.54) is 27.4 Å². The third-order valence-corrected chi connectivity index (χ3v) is 5.36. The molecule has 2 rings (SSSR count). The SMILES string of the molecule is COc1ccc(S(=O)(=O)C(F)(F)F)cc1NC(=O)/C=C/c1ccc(OC)c(OC)c1. The van der Waals surface area contributed by atoms with Crippen LogP contribution in [0.15, 0.2) is 47.4 Å². The van der Waals surface area contributed by atoms with E-state index in [1.54, 1.807) is 18.2 Å². The second-order valence-electron chi connectivity index (χ2n) is 5.75. The van der Waals surface area contributed by atoms with Gasteiger partial charge in [0.1, 0.15) is 5.75 Å². The minimum Gasteiger partial charge on any atom is -0.495 e. The van der Waals surface area contributed by atoms with Crippen molar-refractivity contribution < 1.29 is 40.6 Å². The van der Waals surface area contributed by atoms with Gasteiger partial charge in [0.05, 0.1) is 31.9 Å². The van der Waals surface area contributed by atoms with Gasteiger partial charge in [-0.05, 0) is 42.0 Å². The number of carbonyl (C=O) groups is 1. The third-order valence-electron chi connectivity index (χ3n) is 3.88. The van der Waals surface area contributed by atoms with E-state index in [1.807, 2.05) is 0 Å². The largest absolute Gasteiger partial charge is 0.501 e. The van der Waals surface area contributed by atoms with Crippen molar-refractivity contribution in [2.24, 2.45) is 0 Å². The molecular formula is C19H18F3NO6S. The Morgan fingerprint density at radius 2 is 1.53 bits per heavy atom. The fraction of sp³-hybridized carbons (Fsp3) is 0.211. The van der Waals surface area contributed by atoms with E-state index < -0.39 is 26.1 Å². The van der Waals surface area contributed by atoms with Crippen LogP contribution >= 0.6 is 0 Å². The first-order chi connectivity index (χ1) is 14.0. The number of sulfone groups is 1. The Hall–Kier alpha value is -3.21. The smallest absolute Gasteiger partial charge is 0.495 e. The number of ether oxygens (including phenoxy) is 3. The standard InChI is InChI=1S/C19H18F3NO6S/c1-27-15-8-6-13(30(25,26)19(20,21)22)11-14(15)23-18(24)9-5-12-4-7-16(28-2)17(10-12)29-3/h4-11H,1-3H3,(H,23,24)/b9-5+. The summed E-state index contributed by atoms with van der Waals surface area (Å²) in [5, 5.41) is 2.31. The van der Waals surface area contributed by atoms with Gasteiger partial charge in [-0.2, -0.15) is 13.2 Å². The van der Waals surface area contributed by atoms with E-state index in [2.05, 4.69) is 5.32 Å². The number of alkyl halides is 3. The van der Waals surface area contributed by atoms with Crippen LogP contribution in [0, 0.1) is 0 Å². The molecule has 30 heavy (non-hydrogen) atoms. The van der Waals surface area contributed by atoms with Gasteiger partial charge < -0.3 is 19.5 Å². The summed E-state index contributed by atoms with van der Waals surface area (Å²) in [5.41, 5.74) is -5.12. The van der Waals surface area contributed by atoms with Crippen LogP contribution in [0.4, 0.5) is 18.9 Å². The average Bonchev–Trinajstić information content (AvgIpc) is 2.71. The lowest BCUT2D eigenvalue weighted by Gasteiger charge is -2.13. The molecule has 11 heteroatoms. The second-order valence-corrected chi connectivity index (χ2v) is 7.69. The Morgan fingerprint density at radius 3 is 2.10 bits per heavy atom. The van der Waals surface area contributed by atoms with Gasteiger partial charge in [-0.1, -0.05) is 6.07 Å². The van der Waals surface area contributed by atoms with Crippen molar-refractivity contribution in [1.29, 1.82) is 0 Å². The van der Waals surface area contributed by atoms with Crippen molar-refractivity contribution in [3.05, 3.63) is 48.0 Å². The first kappa shape index (κ1) is 23.1. The molecular weight excluding hydrogens is 427 g/mol. The summed E-state index contributed by atoms with van der Waals surface area (Å²) in [6.45, 7) is 0. The zero-order valence-electron chi connectivity index (χ0n) is 16.1. The van der Waals surface area contributed by atoms with Crippen LogP contribution in [-0.2, 0) is 14.6 Å². The summed E-state index contributed by atoms with van der Waals surface area (Å²) >= 11 is 0. The number of anilines is 1. The van der Waals surface area contributed by atoms with Crippen molar-refractivity contribution in [2.75, 3.05) is 26.6 Å². The molecule has 0 atom stereocenters. The van der Waals surface area contributed by atoms with Crippen LogP contribution in [0.5, 0.6) is 17.2 Å². The molecule has 1 N–H and O–H groups in total. The van der Waals surface area contributed by atoms with E-state index in [4.69, 9.17) is 14.2 Å². The predicted octanol–water partition coefficient (Wildman–Crippen LogP) is 3.66. The van der Waals surface area contributed by atoms with Gasteiger partial charge in [-0.3, -0.25) is 4.79 Å². The number of hydrogen-bond donors (Lipinski definition) is 1. The van der Waals surface area contributed by atoms with Crippen molar-refractivity contribution in [3.8, 4) is 17.2 Å². The molecule has 0 aliphatic heterocycles. The monoisotopic (exact) mass is 445 g/mol. The third kappa shape index (κ3) is 5.03. The number of benzene rings is 2. The molecule has 0 spiro atoms. The molecule has 0 aliphatic carbocycles. The van der Waals surface area contributed by atoms with Crippen molar-refractivity contribution in [2.45, 2.75) is 10.4 Å². The Kier molecular flexibility index (Phi) is 6.98. The molecule has 0 bridgehead atoms. The number of methoxy groups -OCH3 is 3. The zero-order valence-corrected chi connectivity index (χ0v) is 16.9. The number of rotatable bonds is 7.